The predicted octanol–water partition coefficient (Wildman–Crippen LogP) is 3.96. The van der Waals surface area contributed by atoms with Gasteiger partial charge in [-0.15, -0.1) is 11.3 Å². The lowest BCUT2D eigenvalue weighted by Gasteiger charge is -2.07. The van der Waals surface area contributed by atoms with E-state index in [-0.39, 0.29) is 5.69 Å². The highest BCUT2D eigenvalue weighted by Gasteiger charge is 2.13. The minimum Gasteiger partial charge on any atom is -0.339 e. The van der Waals surface area contributed by atoms with E-state index in [4.69, 9.17) is 0 Å². The molecule has 0 saturated carbocycles. The van der Waals surface area contributed by atoms with E-state index >= 15 is 0 Å². The second-order valence-corrected chi connectivity index (χ2v) is 5.82. The van der Waals surface area contributed by atoms with Crippen LogP contribution in [-0.2, 0) is 0 Å². The number of nitro groups is 1. The van der Waals surface area contributed by atoms with E-state index in [0.717, 1.165) is 15.8 Å². The van der Waals surface area contributed by atoms with Crippen molar-refractivity contribution in [2.75, 3.05) is 5.32 Å². The number of hydrogen-bond donors (Lipinski definition) is 1. The molecule has 3 aromatic rings. The van der Waals surface area contributed by atoms with Crippen LogP contribution >= 0.6 is 11.3 Å². The average molecular weight is 300 g/mol. The first-order chi connectivity index (χ1) is 10.1. The van der Waals surface area contributed by atoms with Crippen LogP contribution in [0.4, 0.5) is 17.2 Å². The van der Waals surface area contributed by atoms with E-state index in [1.165, 1.54) is 23.3 Å². The average Bonchev–Trinajstić information content (AvgIpc) is 2.75. The number of thiophene rings is 1. The van der Waals surface area contributed by atoms with Crippen LogP contribution in [0, 0.1) is 24.0 Å². The van der Waals surface area contributed by atoms with Crippen molar-refractivity contribution < 1.29 is 4.92 Å². The topological polar surface area (TPSA) is 81.0 Å². The molecule has 0 aliphatic heterocycles. The van der Waals surface area contributed by atoms with Crippen molar-refractivity contribution in [3.63, 3.8) is 0 Å². The van der Waals surface area contributed by atoms with Crippen molar-refractivity contribution in [1.82, 2.24) is 9.97 Å². The first kappa shape index (κ1) is 13.4. The summed E-state index contributed by atoms with van der Waals surface area (Å²) in [5.74, 6) is 0.669. The fourth-order valence-corrected chi connectivity index (χ4v) is 3.11. The number of fused-ring (bicyclic) bond motifs is 1. The highest BCUT2D eigenvalue weighted by atomic mass is 32.1. The normalized spacial score (nSPS) is 10.8. The Morgan fingerprint density at radius 1 is 1.29 bits per heavy atom. The third-order valence-electron chi connectivity index (χ3n) is 3.29. The number of hydrogen-bond acceptors (Lipinski definition) is 6. The molecule has 0 spiro atoms. The summed E-state index contributed by atoms with van der Waals surface area (Å²) in [6.07, 6.45) is 1.50. The Hall–Kier alpha value is -2.54. The molecule has 7 heteroatoms. The molecule has 0 aliphatic carbocycles. The fraction of sp³-hybridized carbons (Fsp3) is 0.143. The number of rotatable bonds is 3. The Labute approximate surface area is 124 Å². The highest BCUT2D eigenvalue weighted by molar-refractivity contribution is 7.18. The molecule has 2 aromatic heterocycles. The zero-order chi connectivity index (χ0) is 15.0. The number of anilines is 2. The summed E-state index contributed by atoms with van der Waals surface area (Å²) in [5.41, 5.74) is 1.81. The molecule has 0 amide bonds. The predicted molar refractivity (Wildman–Crippen MR) is 83.3 cm³/mol. The molecular weight excluding hydrogens is 288 g/mol. The van der Waals surface area contributed by atoms with E-state index in [0.29, 0.717) is 11.5 Å². The monoisotopic (exact) mass is 300 g/mol. The van der Waals surface area contributed by atoms with Crippen molar-refractivity contribution in [3.05, 3.63) is 51.1 Å². The fourth-order valence-electron chi connectivity index (χ4n) is 2.11. The van der Waals surface area contributed by atoms with Gasteiger partial charge in [-0.25, -0.2) is 9.97 Å². The van der Waals surface area contributed by atoms with E-state index in [2.05, 4.69) is 15.3 Å². The molecule has 0 aliphatic rings. The van der Waals surface area contributed by atoms with Crippen LogP contribution in [0.15, 0.2) is 30.6 Å². The molecule has 3 rings (SSSR count). The molecule has 6 nitrogen and oxygen atoms in total. The van der Waals surface area contributed by atoms with Crippen LogP contribution in [-0.4, -0.2) is 14.9 Å². The van der Waals surface area contributed by atoms with Crippen molar-refractivity contribution in [2.24, 2.45) is 0 Å². The van der Waals surface area contributed by atoms with Crippen LogP contribution in [0.1, 0.15) is 10.4 Å². The lowest BCUT2D eigenvalue weighted by Crippen LogP contribution is -1.96. The maximum Gasteiger partial charge on any atom is 0.271 e. The van der Waals surface area contributed by atoms with Crippen LogP contribution < -0.4 is 5.32 Å². The first-order valence-corrected chi connectivity index (χ1v) is 7.10. The molecule has 21 heavy (non-hydrogen) atoms. The van der Waals surface area contributed by atoms with Crippen molar-refractivity contribution in [3.8, 4) is 0 Å². The van der Waals surface area contributed by atoms with Gasteiger partial charge >= 0.3 is 0 Å². The number of nitro benzene ring substituents is 1. The standard InChI is InChI=1S/C14H12N4O2S/c1-8-9(2)21-14-12(8)13(15-7-16-14)17-10-4-3-5-11(6-10)18(19)20/h3-7H,1-2H3,(H,15,16,17). The smallest absolute Gasteiger partial charge is 0.271 e. The van der Waals surface area contributed by atoms with Gasteiger partial charge in [0, 0.05) is 22.7 Å². The third-order valence-corrected chi connectivity index (χ3v) is 4.40. The molecular formula is C14H12N4O2S. The largest absolute Gasteiger partial charge is 0.339 e. The third kappa shape index (κ3) is 2.43. The maximum atomic E-state index is 10.8. The summed E-state index contributed by atoms with van der Waals surface area (Å²) in [6.45, 7) is 4.06. The minimum absolute atomic E-state index is 0.0449. The zero-order valence-corrected chi connectivity index (χ0v) is 12.3. The van der Waals surface area contributed by atoms with Crippen LogP contribution in [0.3, 0.4) is 0 Å². The summed E-state index contributed by atoms with van der Waals surface area (Å²) in [6, 6.07) is 6.36. The molecule has 1 aromatic carbocycles. The van der Waals surface area contributed by atoms with Gasteiger partial charge < -0.3 is 5.32 Å². The SMILES string of the molecule is Cc1sc2ncnc(Nc3cccc([N+](=O)[O-])c3)c2c1C. The minimum atomic E-state index is -0.416. The summed E-state index contributed by atoms with van der Waals surface area (Å²) >= 11 is 1.61. The number of aryl methyl sites for hydroxylation is 2. The quantitative estimate of drug-likeness (QED) is 0.585. The van der Waals surface area contributed by atoms with Crippen LogP contribution in [0.5, 0.6) is 0 Å². The Bertz CT molecular complexity index is 844. The second-order valence-electron chi connectivity index (χ2n) is 4.62. The van der Waals surface area contributed by atoms with Gasteiger partial charge in [0.25, 0.3) is 5.69 Å². The van der Waals surface area contributed by atoms with Crippen LogP contribution in [0.2, 0.25) is 0 Å². The zero-order valence-electron chi connectivity index (χ0n) is 11.5. The van der Waals surface area contributed by atoms with Gasteiger partial charge in [-0.2, -0.15) is 0 Å². The number of non-ortho nitro benzene ring substituents is 1. The number of nitrogens with zero attached hydrogens (tertiary/aromatic N) is 3. The molecule has 0 unspecified atom stereocenters. The van der Waals surface area contributed by atoms with E-state index in [1.807, 2.05) is 13.8 Å². The van der Waals surface area contributed by atoms with Gasteiger partial charge in [0.1, 0.15) is 17.0 Å². The Kier molecular flexibility index (Phi) is 3.26. The van der Waals surface area contributed by atoms with Crippen molar-refractivity contribution in [2.45, 2.75) is 13.8 Å². The van der Waals surface area contributed by atoms with E-state index in [9.17, 15) is 10.1 Å². The molecule has 0 radical (unpaired) electrons. The van der Waals surface area contributed by atoms with Gasteiger partial charge in [0.2, 0.25) is 0 Å². The maximum absolute atomic E-state index is 10.8. The molecule has 0 saturated heterocycles. The van der Waals surface area contributed by atoms with Gasteiger partial charge in [-0.3, -0.25) is 10.1 Å². The lowest BCUT2D eigenvalue weighted by atomic mass is 10.2. The molecule has 2 heterocycles. The van der Waals surface area contributed by atoms with Gasteiger partial charge in [-0.1, -0.05) is 6.07 Å². The number of benzene rings is 1. The Morgan fingerprint density at radius 2 is 2.10 bits per heavy atom. The Morgan fingerprint density at radius 3 is 2.86 bits per heavy atom. The highest BCUT2D eigenvalue weighted by Crippen LogP contribution is 2.34. The lowest BCUT2D eigenvalue weighted by molar-refractivity contribution is -0.384. The van der Waals surface area contributed by atoms with Gasteiger partial charge in [0.05, 0.1) is 10.3 Å². The van der Waals surface area contributed by atoms with E-state index < -0.39 is 4.92 Å². The summed E-state index contributed by atoms with van der Waals surface area (Å²) in [4.78, 5) is 21.0. The molecule has 0 fully saturated rings. The molecule has 0 bridgehead atoms. The number of nitrogens with one attached hydrogen (secondary N) is 1. The van der Waals surface area contributed by atoms with E-state index in [1.54, 1.807) is 23.5 Å². The molecule has 106 valence electrons. The second kappa shape index (κ2) is 5.10. The summed E-state index contributed by atoms with van der Waals surface area (Å²) < 4.78 is 0. The number of aromatic nitrogens is 2. The summed E-state index contributed by atoms with van der Waals surface area (Å²) in [7, 11) is 0. The van der Waals surface area contributed by atoms with Crippen LogP contribution in [0.25, 0.3) is 10.2 Å². The van der Waals surface area contributed by atoms with Gasteiger partial charge in [-0.05, 0) is 25.5 Å². The van der Waals surface area contributed by atoms with Gasteiger partial charge in [0.15, 0.2) is 0 Å². The summed E-state index contributed by atoms with van der Waals surface area (Å²) in [5, 5.41) is 14.9. The van der Waals surface area contributed by atoms with Crippen molar-refractivity contribution in [1.29, 1.82) is 0 Å². The first-order valence-electron chi connectivity index (χ1n) is 6.28. The molecule has 0 atom stereocenters. The van der Waals surface area contributed by atoms with Crippen molar-refractivity contribution >= 4 is 38.7 Å². The Balaban J connectivity index is 2.06. The molecule has 1 N–H and O–H groups in total.